The van der Waals surface area contributed by atoms with Crippen LogP contribution >= 0.6 is 0 Å². The highest BCUT2D eigenvalue weighted by atomic mass is 16.3. The van der Waals surface area contributed by atoms with Gasteiger partial charge in [0, 0.05) is 36.1 Å². The van der Waals surface area contributed by atoms with Crippen LogP contribution in [0.1, 0.15) is 18.2 Å². The number of carbonyl (C=O) groups is 1. The van der Waals surface area contributed by atoms with E-state index >= 15 is 0 Å². The Hall–Kier alpha value is -2.90. The first-order chi connectivity index (χ1) is 10.8. The molecule has 0 bridgehead atoms. The number of amides is 2. The van der Waals surface area contributed by atoms with Crippen molar-refractivity contribution < 1.29 is 9.21 Å². The highest BCUT2D eigenvalue weighted by molar-refractivity contribution is 5.92. The first kappa shape index (κ1) is 12.8. The molecule has 112 valence electrons. The molecule has 22 heavy (non-hydrogen) atoms. The van der Waals surface area contributed by atoms with E-state index in [1.54, 1.807) is 11.2 Å². The van der Waals surface area contributed by atoms with Crippen LogP contribution < -0.4 is 5.32 Å². The van der Waals surface area contributed by atoms with Gasteiger partial charge < -0.3 is 14.6 Å². The summed E-state index contributed by atoms with van der Waals surface area (Å²) < 4.78 is 5.34. The third-order valence-corrected chi connectivity index (χ3v) is 3.91. The average Bonchev–Trinajstić information content (AvgIpc) is 3.26. The highest BCUT2D eigenvalue weighted by Crippen LogP contribution is 2.25. The second-order valence-electron chi connectivity index (χ2n) is 5.30. The van der Waals surface area contributed by atoms with E-state index < -0.39 is 0 Å². The first-order valence-electron chi connectivity index (χ1n) is 7.06. The molecule has 3 heterocycles. The smallest absolute Gasteiger partial charge is 0.321 e. The molecule has 0 spiro atoms. The Morgan fingerprint density at radius 1 is 1.41 bits per heavy atom. The molecule has 8 heteroatoms. The molecule has 1 saturated heterocycles. The summed E-state index contributed by atoms with van der Waals surface area (Å²) in [5.74, 6) is 0.796. The summed E-state index contributed by atoms with van der Waals surface area (Å²) in [6.45, 7) is 1.27. The summed E-state index contributed by atoms with van der Waals surface area (Å²) in [4.78, 5) is 14.1. The second-order valence-corrected chi connectivity index (χ2v) is 5.30. The third-order valence-electron chi connectivity index (χ3n) is 3.91. The Kier molecular flexibility index (Phi) is 2.99. The van der Waals surface area contributed by atoms with Gasteiger partial charge in [-0.05, 0) is 24.6 Å². The van der Waals surface area contributed by atoms with Gasteiger partial charge in [0.05, 0.1) is 6.26 Å². The lowest BCUT2D eigenvalue weighted by molar-refractivity contribution is 0.222. The minimum atomic E-state index is -0.128. The molecule has 8 nitrogen and oxygen atoms in total. The molecular weight excluding hydrogens is 284 g/mol. The molecule has 1 aromatic carbocycles. The van der Waals surface area contributed by atoms with Crippen LogP contribution in [0.4, 0.5) is 10.5 Å². The van der Waals surface area contributed by atoms with E-state index in [9.17, 15) is 4.79 Å². The van der Waals surface area contributed by atoms with Crippen molar-refractivity contribution in [2.75, 3.05) is 18.4 Å². The summed E-state index contributed by atoms with van der Waals surface area (Å²) >= 11 is 0. The van der Waals surface area contributed by atoms with Gasteiger partial charge in [0.1, 0.15) is 5.58 Å². The van der Waals surface area contributed by atoms with E-state index in [4.69, 9.17) is 4.42 Å². The molecule has 0 saturated carbocycles. The fraction of sp³-hybridized carbons (Fsp3) is 0.286. The molecule has 4 rings (SSSR count). The maximum absolute atomic E-state index is 12.3. The van der Waals surface area contributed by atoms with Gasteiger partial charge in [-0.1, -0.05) is 5.21 Å². The summed E-state index contributed by atoms with van der Waals surface area (Å²) in [5, 5.41) is 17.9. The number of likely N-dealkylation sites (tertiary alicyclic amines) is 1. The topological polar surface area (TPSA) is 99.9 Å². The number of rotatable bonds is 2. The Balaban J connectivity index is 1.44. The number of aromatic amines is 1. The van der Waals surface area contributed by atoms with Gasteiger partial charge in [0.25, 0.3) is 0 Å². The number of nitrogens with one attached hydrogen (secondary N) is 2. The summed E-state index contributed by atoms with van der Waals surface area (Å²) in [5.41, 5.74) is 1.47. The molecule has 3 aromatic rings. The normalized spacial score (nSPS) is 18.0. The number of nitrogens with zero attached hydrogens (tertiary/aromatic N) is 4. The van der Waals surface area contributed by atoms with Gasteiger partial charge in [0.15, 0.2) is 5.82 Å². The van der Waals surface area contributed by atoms with E-state index in [0.29, 0.717) is 18.9 Å². The van der Waals surface area contributed by atoms with Gasteiger partial charge in [-0.25, -0.2) is 4.79 Å². The molecule has 1 fully saturated rings. The zero-order valence-corrected chi connectivity index (χ0v) is 11.7. The number of benzene rings is 1. The van der Waals surface area contributed by atoms with Gasteiger partial charge in [-0.15, -0.1) is 10.2 Å². The zero-order valence-electron chi connectivity index (χ0n) is 11.7. The van der Waals surface area contributed by atoms with Gasteiger partial charge in [0.2, 0.25) is 0 Å². The van der Waals surface area contributed by atoms with Crippen molar-refractivity contribution in [2.24, 2.45) is 0 Å². The van der Waals surface area contributed by atoms with Crippen molar-refractivity contribution in [1.82, 2.24) is 25.5 Å². The van der Waals surface area contributed by atoms with Crippen LogP contribution in [0.2, 0.25) is 0 Å². The maximum Gasteiger partial charge on any atom is 0.321 e. The van der Waals surface area contributed by atoms with E-state index in [-0.39, 0.29) is 11.9 Å². The number of H-pyrrole nitrogens is 1. The largest absolute Gasteiger partial charge is 0.464 e. The van der Waals surface area contributed by atoms with Gasteiger partial charge in [-0.3, -0.25) is 0 Å². The van der Waals surface area contributed by atoms with E-state index in [2.05, 4.69) is 25.9 Å². The van der Waals surface area contributed by atoms with E-state index in [1.807, 2.05) is 24.3 Å². The minimum absolute atomic E-state index is 0.128. The van der Waals surface area contributed by atoms with Crippen LogP contribution in [-0.2, 0) is 0 Å². The molecular formula is C14H14N6O2. The Bertz CT molecular complexity index is 797. The number of fused-ring (bicyclic) bond motifs is 1. The molecule has 1 unspecified atom stereocenters. The fourth-order valence-electron chi connectivity index (χ4n) is 2.73. The monoisotopic (exact) mass is 298 g/mol. The number of urea groups is 1. The number of aromatic nitrogens is 4. The second kappa shape index (κ2) is 5.14. The lowest BCUT2D eigenvalue weighted by Gasteiger charge is -2.16. The predicted octanol–water partition coefficient (Wildman–Crippen LogP) is 1.97. The van der Waals surface area contributed by atoms with Gasteiger partial charge >= 0.3 is 6.03 Å². The van der Waals surface area contributed by atoms with Crippen molar-refractivity contribution in [3.8, 4) is 0 Å². The van der Waals surface area contributed by atoms with Crippen LogP contribution in [0.3, 0.4) is 0 Å². The lowest BCUT2D eigenvalue weighted by atomic mass is 10.1. The molecule has 1 atom stereocenters. The predicted molar refractivity (Wildman–Crippen MR) is 78.3 cm³/mol. The Labute approximate surface area is 125 Å². The van der Waals surface area contributed by atoms with Crippen LogP contribution in [0.5, 0.6) is 0 Å². The maximum atomic E-state index is 12.3. The summed E-state index contributed by atoms with van der Waals surface area (Å²) in [7, 11) is 0. The average molecular weight is 298 g/mol. The lowest BCUT2D eigenvalue weighted by Crippen LogP contribution is -2.32. The molecule has 0 aliphatic carbocycles. The zero-order chi connectivity index (χ0) is 14.9. The number of hydrogen-bond donors (Lipinski definition) is 2. The van der Waals surface area contributed by atoms with Crippen molar-refractivity contribution in [3.63, 3.8) is 0 Å². The van der Waals surface area contributed by atoms with Crippen molar-refractivity contribution >= 4 is 22.7 Å². The van der Waals surface area contributed by atoms with E-state index in [0.717, 1.165) is 23.1 Å². The summed E-state index contributed by atoms with van der Waals surface area (Å²) in [6, 6.07) is 7.36. The van der Waals surface area contributed by atoms with Crippen molar-refractivity contribution in [3.05, 3.63) is 36.4 Å². The van der Waals surface area contributed by atoms with Crippen LogP contribution in [0.15, 0.2) is 34.9 Å². The SMILES string of the molecule is O=C(Nc1ccc2ccoc2c1)N1CCC(c2nn[nH]n2)C1. The number of furan rings is 1. The number of tetrazole rings is 1. The molecule has 2 amide bonds. The number of carbonyl (C=O) groups excluding carboxylic acids is 1. The molecule has 2 aromatic heterocycles. The minimum Gasteiger partial charge on any atom is -0.464 e. The number of hydrogen-bond acceptors (Lipinski definition) is 5. The van der Waals surface area contributed by atoms with E-state index in [1.165, 1.54) is 0 Å². The van der Waals surface area contributed by atoms with Gasteiger partial charge in [-0.2, -0.15) is 5.21 Å². The summed E-state index contributed by atoms with van der Waals surface area (Å²) in [6.07, 6.45) is 2.47. The Morgan fingerprint density at radius 3 is 3.23 bits per heavy atom. The highest BCUT2D eigenvalue weighted by Gasteiger charge is 2.29. The molecule has 2 N–H and O–H groups in total. The standard InChI is InChI=1S/C14H14N6O2/c21-14(15-11-2-1-9-4-6-22-12(9)7-11)20-5-3-10(8-20)13-16-18-19-17-13/h1-2,4,6-7,10H,3,5,8H2,(H,15,21)(H,16,17,18,19). The molecule has 0 radical (unpaired) electrons. The molecule has 1 aliphatic rings. The quantitative estimate of drug-likeness (QED) is 0.753. The van der Waals surface area contributed by atoms with Crippen molar-refractivity contribution in [1.29, 1.82) is 0 Å². The first-order valence-corrected chi connectivity index (χ1v) is 7.06. The number of anilines is 1. The van der Waals surface area contributed by atoms with Crippen LogP contribution in [0, 0.1) is 0 Å². The molecule has 1 aliphatic heterocycles. The third kappa shape index (κ3) is 2.28. The van der Waals surface area contributed by atoms with Crippen LogP contribution in [0.25, 0.3) is 11.0 Å². The van der Waals surface area contributed by atoms with Crippen LogP contribution in [-0.4, -0.2) is 44.6 Å². The van der Waals surface area contributed by atoms with Crippen molar-refractivity contribution in [2.45, 2.75) is 12.3 Å². The Morgan fingerprint density at radius 2 is 2.36 bits per heavy atom. The fourth-order valence-corrected chi connectivity index (χ4v) is 2.73.